The fourth-order valence-corrected chi connectivity index (χ4v) is 0.533. The Kier molecular flexibility index (Phi) is 18.9. The first-order valence-electron chi connectivity index (χ1n) is 3.17. The molecule has 0 aromatic rings. The number of hydrogen-bond donors (Lipinski definition) is 0. The Morgan fingerprint density at radius 1 is 1.20 bits per heavy atom. The third kappa shape index (κ3) is 26.7. The van der Waals surface area contributed by atoms with Gasteiger partial charge in [-0.2, -0.15) is 10.5 Å². The van der Waals surface area contributed by atoms with Gasteiger partial charge in [0.1, 0.15) is 0 Å². The van der Waals surface area contributed by atoms with Crippen LogP contribution in [0, 0.1) is 22.7 Å². The van der Waals surface area contributed by atoms with Crippen molar-refractivity contribution in [2.24, 2.45) is 0 Å². The van der Waals surface area contributed by atoms with Gasteiger partial charge in [-0.25, -0.2) is 0 Å². The minimum absolute atomic E-state index is 0.827. The minimum atomic E-state index is 0.827. The fraction of sp³-hybridized carbons (Fsp3) is 0.714. The van der Waals surface area contributed by atoms with Crippen LogP contribution >= 0.6 is 11.6 Å². The van der Waals surface area contributed by atoms with Gasteiger partial charge in [0.2, 0.25) is 0 Å². The normalized spacial score (nSPS) is 6.40. The van der Waals surface area contributed by atoms with E-state index < -0.39 is 0 Å². The molecule has 10 heavy (non-hydrogen) atoms. The van der Waals surface area contributed by atoms with Crippen LogP contribution in [0.4, 0.5) is 0 Å². The summed E-state index contributed by atoms with van der Waals surface area (Å²) < 4.78 is 0. The highest BCUT2D eigenvalue weighted by atomic mass is 35.5. The lowest BCUT2D eigenvalue weighted by molar-refractivity contribution is 0.776. The molecule has 0 atom stereocenters. The summed E-state index contributed by atoms with van der Waals surface area (Å²) in [4.78, 5) is 0. The van der Waals surface area contributed by atoms with Crippen LogP contribution in [-0.4, -0.2) is 5.88 Å². The summed E-state index contributed by atoms with van der Waals surface area (Å²) in [5.74, 6) is 0.827. The molecule has 0 aromatic heterocycles. The van der Waals surface area contributed by atoms with Crippen LogP contribution < -0.4 is 0 Å². The summed E-state index contributed by atoms with van der Waals surface area (Å²) in [6, 6.07) is 2.47. The lowest BCUT2D eigenvalue weighted by atomic mass is 10.3. The number of unbranched alkanes of at least 4 members (excludes halogenated alkanes) is 2. The van der Waals surface area contributed by atoms with E-state index in [0.717, 1.165) is 5.88 Å². The van der Waals surface area contributed by atoms with Crippen molar-refractivity contribution >= 4 is 11.6 Å². The van der Waals surface area contributed by atoms with Crippen molar-refractivity contribution in [3.05, 3.63) is 0 Å². The molecule has 0 unspecified atom stereocenters. The van der Waals surface area contributed by atoms with Crippen LogP contribution in [0.1, 0.15) is 26.2 Å². The maximum absolute atomic E-state index is 7.26. The highest BCUT2D eigenvalue weighted by molar-refractivity contribution is 6.17. The van der Waals surface area contributed by atoms with E-state index in [9.17, 15) is 0 Å². The van der Waals surface area contributed by atoms with Crippen molar-refractivity contribution in [2.45, 2.75) is 26.2 Å². The van der Waals surface area contributed by atoms with E-state index in [1.165, 1.54) is 31.4 Å². The van der Waals surface area contributed by atoms with Gasteiger partial charge in [0.25, 0.3) is 0 Å². The molecule has 0 spiro atoms. The Balaban J connectivity index is 0. The van der Waals surface area contributed by atoms with E-state index in [0.29, 0.717) is 0 Å². The zero-order valence-corrected chi connectivity index (χ0v) is 6.86. The second kappa shape index (κ2) is 15.7. The highest BCUT2D eigenvalue weighted by Gasteiger charge is 1.76. The molecular formula is C7H11ClN2. The van der Waals surface area contributed by atoms with Crippen molar-refractivity contribution in [3.8, 4) is 12.1 Å². The van der Waals surface area contributed by atoms with Crippen molar-refractivity contribution in [1.82, 2.24) is 0 Å². The first-order valence-corrected chi connectivity index (χ1v) is 3.71. The maximum Gasteiger partial charge on any atom is 0.181 e. The summed E-state index contributed by atoms with van der Waals surface area (Å²) in [5.41, 5.74) is 0. The van der Waals surface area contributed by atoms with Crippen LogP contribution in [0.5, 0.6) is 0 Å². The largest absolute Gasteiger partial charge is 0.181 e. The van der Waals surface area contributed by atoms with Crippen LogP contribution in [0.2, 0.25) is 0 Å². The first-order chi connectivity index (χ1) is 4.83. The van der Waals surface area contributed by atoms with Gasteiger partial charge in [0.15, 0.2) is 12.1 Å². The Bertz CT molecular complexity index is 105. The minimum Gasteiger partial charge on any atom is -0.181 e. The molecular weight excluding hydrogens is 148 g/mol. The molecule has 0 N–H and O–H groups in total. The number of alkyl halides is 1. The average Bonchev–Trinajstić information content (AvgIpc) is 2.01. The zero-order chi connectivity index (χ0) is 8.24. The summed E-state index contributed by atoms with van der Waals surface area (Å²) in [6.07, 6.45) is 3.73. The molecule has 2 nitrogen and oxygen atoms in total. The SMILES string of the molecule is CCCCCCl.N#CC#N. The van der Waals surface area contributed by atoms with E-state index in [1.54, 1.807) is 0 Å². The van der Waals surface area contributed by atoms with Crippen molar-refractivity contribution in [2.75, 3.05) is 5.88 Å². The quantitative estimate of drug-likeness (QED) is 0.468. The van der Waals surface area contributed by atoms with Gasteiger partial charge >= 0.3 is 0 Å². The highest BCUT2D eigenvalue weighted by Crippen LogP contribution is 1.93. The van der Waals surface area contributed by atoms with Crippen molar-refractivity contribution < 1.29 is 0 Å². The molecule has 56 valence electrons. The molecule has 0 fully saturated rings. The maximum atomic E-state index is 7.26. The number of hydrogen-bond acceptors (Lipinski definition) is 2. The predicted octanol–water partition coefficient (Wildman–Crippen LogP) is 2.45. The number of rotatable bonds is 3. The second-order valence-electron chi connectivity index (χ2n) is 1.62. The number of halogens is 1. The topological polar surface area (TPSA) is 47.6 Å². The summed E-state index contributed by atoms with van der Waals surface area (Å²) in [7, 11) is 0. The molecule has 0 rings (SSSR count). The average molecular weight is 159 g/mol. The summed E-state index contributed by atoms with van der Waals surface area (Å²) in [6.45, 7) is 2.17. The molecule has 0 saturated heterocycles. The lowest BCUT2D eigenvalue weighted by Gasteiger charge is -1.84. The number of nitrogens with zero attached hydrogens (tertiary/aromatic N) is 2. The van der Waals surface area contributed by atoms with Crippen LogP contribution in [0.3, 0.4) is 0 Å². The Morgan fingerprint density at radius 2 is 1.70 bits per heavy atom. The Labute approximate surface area is 67.0 Å². The zero-order valence-electron chi connectivity index (χ0n) is 6.10. The molecule has 0 amide bonds. The van der Waals surface area contributed by atoms with Gasteiger partial charge in [-0.1, -0.05) is 19.8 Å². The van der Waals surface area contributed by atoms with Crippen LogP contribution in [0.25, 0.3) is 0 Å². The van der Waals surface area contributed by atoms with Gasteiger partial charge in [-0.15, -0.1) is 11.6 Å². The van der Waals surface area contributed by atoms with E-state index in [2.05, 4.69) is 6.92 Å². The second-order valence-corrected chi connectivity index (χ2v) is 2.00. The molecule has 0 heterocycles. The molecule has 0 aliphatic rings. The van der Waals surface area contributed by atoms with E-state index >= 15 is 0 Å². The van der Waals surface area contributed by atoms with Gasteiger partial charge in [0, 0.05) is 5.88 Å². The van der Waals surface area contributed by atoms with Gasteiger partial charge in [-0.3, -0.25) is 0 Å². The van der Waals surface area contributed by atoms with Crippen LogP contribution in [-0.2, 0) is 0 Å². The number of nitriles is 2. The third-order valence-corrected chi connectivity index (χ3v) is 1.05. The standard InChI is InChI=1S/C5H11Cl.C2N2/c1-2-3-4-5-6;3-1-2-4/h2-5H2,1H3;. The predicted molar refractivity (Wildman–Crippen MR) is 41.5 cm³/mol. The summed E-state index contributed by atoms with van der Waals surface area (Å²) in [5, 5.41) is 14.5. The van der Waals surface area contributed by atoms with Crippen molar-refractivity contribution in [1.29, 1.82) is 10.5 Å². The van der Waals surface area contributed by atoms with Gasteiger partial charge in [-0.05, 0) is 6.42 Å². The Hall–Kier alpha value is -0.730. The van der Waals surface area contributed by atoms with Crippen molar-refractivity contribution in [3.63, 3.8) is 0 Å². The van der Waals surface area contributed by atoms with E-state index in [-0.39, 0.29) is 0 Å². The van der Waals surface area contributed by atoms with E-state index in [4.69, 9.17) is 22.1 Å². The molecule has 0 bridgehead atoms. The van der Waals surface area contributed by atoms with Crippen LogP contribution in [0.15, 0.2) is 0 Å². The molecule has 0 radical (unpaired) electrons. The molecule has 0 aromatic carbocycles. The first kappa shape index (κ1) is 12.0. The molecule has 0 saturated carbocycles. The lowest BCUT2D eigenvalue weighted by Crippen LogP contribution is -1.70. The molecule has 0 aliphatic carbocycles. The smallest absolute Gasteiger partial charge is 0.181 e. The fourth-order valence-electron chi connectivity index (χ4n) is 0.344. The van der Waals surface area contributed by atoms with Gasteiger partial charge in [0.05, 0.1) is 0 Å². The Morgan fingerprint density at radius 3 is 1.80 bits per heavy atom. The third-order valence-electron chi connectivity index (χ3n) is 0.787. The summed E-state index contributed by atoms with van der Waals surface area (Å²) >= 11 is 5.38. The molecule has 3 heteroatoms. The monoisotopic (exact) mass is 158 g/mol. The van der Waals surface area contributed by atoms with Gasteiger partial charge < -0.3 is 0 Å². The molecule has 0 aliphatic heterocycles. The van der Waals surface area contributed by atoms with E-state index in [1.807, 2.05) is 0 Å².